The minimum absolute atomic E-state index is 0.329. The Balaban J connectivity index is 3.44. The Morgan fingerprint density at radius 3 is 2.22 bits per heavy atom. The highest BCUT2D eigenvalue weighted by atomic mass is 32.2. The second kappa shape index (κ2) is 10.7. The van der Waals surface area contributed by atoms with Crippen LogP contribution in [0.1, 0.15) is 71.6 Å². The van der Waals surface area contributed by atoms with E-state index in [1.807, 2.05) is 17.8 Å². The van der Waals surface area contributed by atoms with Gasteiger partial charge < -0.3 is 4.79 Å². The zero-order chi connectivity index (χ0) is 13.9. The first kappa shape index (κ1) is 17.8. The number of rotatable bonds is 12. The van der Waals surface area contributed by atoms with Crippen molar-refractivity contribution in [3.05, 3.63) is 12.7 Å². The van der Waals surface area contributed by atoms with Crippen molar-refractivity contribution >= 4 is 17.5 Å². The number of hydrogen-bond acceptors (Lipinski definition) is 2. The van der Waals surface area contributed by atoms with Gasteiger partial charge >= 0.3 is 0 Å². The van der Waals surface area contributed by atoms with Crippen LogP contribution in [0.25, 0.3) is 0 Å². The first-order valence-corrected chi connectivity index (χ1v) is 8.42. The zero-order valence-corrected chi connectivity index (χ0v) is 13.3. The van der Waals surface area contributed by atoms with Crippen molar-refractivity contribution in [1.82, 2.24) is 0 Å². The fraction of sp³-hybridized carbons (Fsp3) is 0.812. The quantitative estimate of drug-likeness (QED) is 0.349. The summed E-state index contributed by atoms with van der Waals surface area (Å²) >= 11 is 1.96. The van der Waals surface area contributed by atoms with Crippen LogP contribution < -0.4 is 0 Å². The summed E-state index contributed by atoms with van der Waals surface area (Å²) in [7, 11) is 0. The Morgan fingerprint density at radius 1 is 1.17 bits per heavy atom. The van der Waals surface area contributed by atoms with E-state index < -0.39 is 0 Å². The van der Waals surface area contributed by atoms with Gasteiger partial charge in [-0.1, -0.05) is 45.1 Å². The van der Waals surface area contributed by atoms with Gasteiger partial charge in [-0.3, -0.25) is 0 Å². The first-order chi connectivity index (χ1) is 8.54. The van der Waals surface area contributed by atoms with Gasteiger partial charge in [-0.05, 0) is 32.4 Å². The lowest BCUT2D eigenvalue weighted by molar-refractivity contribution is -0.117. The van der Waals surface area contributed by atoms with E-state index in [-0.39, 0.29) is 0 Å². The molecule has 0 aliphatic heterocycles. The van der Waals surface area contributed by atoms with Crippen molar-refractivity contribution in [3.63, 3.8) is 0 Å². The van der Waals surface area contributed by atoms with Crippen LogP contribution in [0.4, 0.5) is 0 Å². The Kier molecular flexibility index (Phi) is 10.5. The van der Waals surface area contributed by atoms with Crippen LogP contribution in [0.2, 0.25) is 0 Å². The molecule has 0 radical (unpaired) electrons. The molecule has 0 saturated heterocycles. The van der Waals surface area contributed by atoms with Crippen LogP contribution in [0.15, 0.2) is 12.7 Å². The molecule has 0 heterocycles. The molecular formula is C16H30OS. The molecule has 0 aromatic rings. The van der Waals surface area contributed by atoms with Crippen LogP contribution in [0.3, 0.4) is 0 Å². The van der Waals surface area contributed by atoms with Gasteiger partial charge in [0.25, 0.3) is 0 Å². The zero-order valence-electron chi connectivity index (χ0n) is 12.5. The Bertz CT molecular complexity index is 237. The van der Waals surface area contributed by atoms with Gasteiger partial charge in [0.15, 0.2) is 0 Å². The van der Waals surface area contributed by atoms with Crippen molar-refractivity contribution in [2.24, 2.45) is 0 Å². The van der Waals surface area contributed by atoms with Crippen LogP contribution in [-0.4, -0.2) is 16.8 Å². The molecule has 106 valence electrons. The minimum atomic E-state index is 0.329. The molecule has 0 N–H and O–H groups in total. The highest BCUT2D eigenvalue weighted by Crippen LogP contribution is 2.32. The Morgan fingerprint density at radius 2 is 1.72 bits per heavy atom. The summed E-state index contributed by atoms with van der Waals surface area (Å²) in [5.41, 5.74) is 0. The normalized spacial score (nSPS) is 14.2. The molecule has 0 spiro atoms. The van der Waals surface area contributed by atoms with Gasteiger partial charge in [0, 0.05) is 11.2 Å². The van der Waals surface area contributed by atoms with Crippen molar-refractivity contribution in [2.75, 3.05) is 6.26 Å². The van der Waals surface area contributed by atoms with E-state index >= 15 is 0 Å². The Hall–Kier alpha value is -0.240. The van der Waals surface area contributed by atoms with Crippen LogP contribution in [-0.2, 0) is 4.79 Å². The lowest BCUT2D eigenvalue weighted by atomic mass is 9.98. The highest BCUT2D eigenvalue weighted by Gasteiger charge is 2.20. The highest BCUT2D eigenvalue weighted by molar-refractivity contribution is 7.99. The largest absolute Gasteiger partial charge is 0.300 e. The number of hydrogen-bond donors (Lipinski definition) is 0. The molecule has 0 amide bonds. The molecule has 0 aromatic carbocycles. The van der Waals surface area contributed by atoms with E-state index in [0.717, 1.165) is 19.3 Å². The molecule has 0 saturated carbocycles. The molecule has 1 unspecified atom stereocenters. The average Bonchev–Trinajstić information content (AvgIpc) is 2.32. The second-order valence-electron chi connectivity index (χ2n) is 5.47. The van der Waals surface area contributed by atoms with Gasteiger partial charge in [0.05, 0.1) is 0 Å². The molecule has 0 aliphatic rings. The number of unbranched alkanes of at least 4 members (excludes halogenated alkanes) is 5. The molecule has 0 fully saturated rings. The predicted octanol–water partition coefficient (Wildman–Crippen LogP) is 5.39. The van der Waals surface area contributed by atoms with Gasteiger partial charge in [0.2, 0.25) is 0 Å². The molecule has 0 rings (SSSR count). The summed E-state index contributed by atoms with van der Waals surface area (Å²) < 4.78 is 0.385. The van der Waals surface area contributed by atoms with E-state index in [2.05, 4.69) is 19.8 Å². The van der Waals surface area contributed by atoms with Gasteiger partial charge in [-0.25, -0.2) is 0 Å². The maximum Gasteiger partial charge on any atom is 0.129 e. The predicted molar refractivity (Wildman–Crippen MR) is 84.4 cm³/mol. The minimum Gasteiger partial charge on any atom is -0.300 e. The van der Waals surface area contributed by atoms with Gasteiger partial charge in [-0.2, -0.15) is 11.8 Å². The van der Waals surface area contributed by atoms with Crippen LogP contribution in [0.5, 0.6) is 0 Å². The fourth-order valence-corrected chi connectivity index (χ4v) is 2.81. The maximum atomic E-state index is 10.8. The molecule has 0 aliphatic carbocycles. The smallest absolute Gasteiger partial charge is 0.129 e. The number of carbonyl (C=O) groups excluding carboxylic acids is 1. The van der Waals surface area contributed by atoms with E-state index in [0.29, 0.717) is 10.5 Å². The summed E-state index contributed by atoms with van der Waals surface area (Å²) in [6, 6.07) is 0. The molecular weight excluding hydrogens is 240 g/mol. The van der Waals surface area contributed by atoms with E-state index in [1.165, 1.54) is 38.5 Å². The SMILES string of the molecule is C=CCC(C)(CCCCCCCCC(C)=O)SC. The summed E-state index contributed by atoms with van der Waals surface area (Å²) in [4.78, 5) is 10.8. The summed E-state index contributed by atoms with van der Waals surface area (Å²) in [6.45, 7) is 7.87. The number of ketones is 1. The number of carbonyl (C=O) groups is 1. The third-order valence-electron chi connectivity index (χ3n) is 3.55. The molecule has 2 heteroatoms. The van der Waals surface area contributed by atoms with Crippen LogP contribution >= 0.6 is 11.8 Å². The standard InChI is InChI=1S/C16H30OS/c1-5-13-16(3,18-4)14-11-9-7-6-8-10-12-15(2)17/h5H,1,6-14H2,2-4H3. The lowest BCUT2D eigenvalue weighted by Crippen LogP contribution is -2.18. The first-order valence-electron chi connectivity index (χ1n) is 7.19. The fourth-order valence-electron chi connectivity index (χ4n) is 2.17. The lowest BCUT2D eigenvalue weighted by Gasteiger charge is -2.26. The van der Waals surface area contributed by atoms with E-state index in [1.54, 1.807) is 6.92 Å². The van der Waals surface area contributed by atoms with Gasteiger partial charge in [-0.15, -0.1) is 6.58 Å². The molecule has 0 aromatic heterocycles. The van der Waals surface area contributed by atoms with Crippen molar-refractivity contribution in [3.8, 4) is 0 Å². The van der Waals surface area contributed by atoms with E-state index in [9.17, 15) is 4.79 Å². The number of Topliss-reactive ketones (excluding diaryl/α,β-unsaturated/α-hetero) is 1. The molecule has 1 nitrogen and oxygen atoms in total. The molecule has 18 heavy (non-hydrogen) atoms. The molecule has 0 bridgehead atoms. The topological polar surface area (TPSA) is 17.1 Å². The van der Waals surface area contributed by atoms with Crippen molar-refractivity contribution < 1.29 is 4.79 Å². The third kappa shape index (κ3) is 9.76. The van der Waals surface area contributed by atoms with Crippen molar-refractivity contribution in [1.29, 1.82) is 0 Å². The third-order valence-corrected chi connectivity index (χ3v) is 4.91. The average molecular weight is 270 g/mol. The monoisotopic (exact) mass is 270 g/mol. The Labute approximate surface area is 118 Å². The molecule has 1 atom stereocenters. The van der Waals surface area contributed by atoms with E-state index in [4.69, 9.17) is 0 Å². The summed E-state index contributed by atoms with van der Waals surface area (Å²) in [6.07, 6.45) is 14.9. The number of thioether (sulfide) groups is 1. The summed E-state index contributed by atoms with van der Waals surface area (Å²) in [5.74, 6) is 0.329. The van der Waals surface area contributed by atoms with Crippen LogP contribution in [0, 0.1) is 0 Å². The van der Waals surface area contributed by atoms with Gasteiger partial charge in [0.1, 0.15) is 5.78 Å². The maximum absolute atomic E-state index is 10.8. The number of allylic oxidation sites excluding steroid dienone is 1. The van der Waals surface area contributed by atoms with Crippen molar-refractivity contribution in [2.45, 2.75) is 76.4 Å². The summed E-state index contributed by atoms with van der Waals surface area (Å²) in [5, 5.41) is 0. The second-order valence-corrected chi connectivity index (χ2v) is 6.86.